The highest BCUT2D eigenvalue weighted by Crippen LogP contribution is 2.40. The predicted molar refractivity (Wildman–Crippen MR) is 92.7 cm³/mol. The van der Waals surface area contributed by atoms with Crippen molar-refractivity contribution < 1.29 is 9.47 Å². The maximum absolute atomic E-state index is 6.36. The monoisotopic (exact) mass is 352 g/mol. The van der Waals surface area contributed by atoms with Crippen LogP contribution in [-0.2, 0) is 0 Å². The fourth-order valence-corrected chi connectivity index (χ4v) is 3.94. The van der Waals surface area contributed by atoms with Gasteiger partial charge < -0.3 is 9.47 Å². The van der Waals surface area contributed by atoms with E-state index < -0.39 is 0 Å². The molecule has 0 fully saturated rings. The van der Waals surface area contributed by atoms with Crippen LogP contribution in [0, 0.1) is 0 Å². The average Bonchev–Trinajstić information content (AvgIpc) is 2.98. The van der Waals surface area contributed by atoms with Crippen LogP contribution in [-0.4, -0.2) is 30.4 Å². The maximum Gasteiger partial charge on any atom is 0.190 e. The van der Waals surface area contributed by atoms with Gasteiger partial charge in [0.05, 0.1) is 19.6 Å². The summed E-state index contributed by atoms with van der Waals surface area (Å²) in [6.07, 6.45) is 1.93. The van der Waals surface area contributed by atoms with Crippen molar-refractivity contribution >= 4 is 44.9 Å². The van der Waals surface area contributed by atoms with Gasteiger partial charge in [-0.25, -0.2) is 9.97 Å². The molecule has 0 aliphatic carbocycles. The molecular formula is C15H13ClN2O2S2. The van der Waals surface area contributed by atoms with Crippen LogP contribution in [0.1, 0.15) is 0 Å². The van der Waals surface area contributed by atoms with Gasteiger partial charge >= 0.3 is 0 Å². The molecular weight excluding hydrogens is 340 g/mol. The summed E-state index contributed by atoms with van der Waals surface area (Å²) in [6, 6.07) is 5.78. The first-order valence-electron chi connectivity index (χ1n) is 6.39. The summed E-state index contributed by atoms with van der Waals surface area (Å²) in [5.74, 6) is 1.37. The molecule has 0 unspecified atom stereocenters. The van der Waals surface area contributed by atoms with Crippen molar-refractivity contribution in [3.8, 4) is 22.6 Å². The van der Waals surface area contributed by atoms with E-state index in [1.54, 1.807) is 25.6 Å². The zero-order valence-corrected chi connectivity index (χ0v) is 14.6. The van der Waals surface area contributed by atoms with Gasteiger partial charge in [0.25, 0.3) is 0 Å². The van der Waals surface area contributed by atoms with Crippen LogP contribution in [0.4, 0.5) is 0 Å². The lowest BCUT2D eigenvalue weighted by molar-refractivity contribution is 0.355. The molecule has 22 heavy (non-hydrogen) atoms. The minimum absolute atomic E-state index is 0.473. The van der Waals surface area contributed by atoms with Gasteiger partial charge in [0.2, 0.25) is 0 Å². The largest absolute Gasteiger partial charge is 0.493 e. The van der Waals surface area contributed by atoms with Crippen LogP contribution in [0.5, 0.6) is 11.5 Å². The van der Waals surface area contributed by atoms with Gasteiger partial charge in [-0.3, -0.25) is 0 Å². The van der Waals surface area contributed by atoms with Crippen molar-refractivity contribution in [2.45, 2.75) is 5.16 Å². The summed E-state index contributed by atoms with van der Waals surface area (Å²) in [5.41, 5.74) is 1.99. The van der Waals surface area contributed by atoms with E-state index in [2.05, 4.69) is 9.97 Å². The van der Waals surface area contributed by atoms with Crippen LogP contribution < -0.4 is 9.47 Å². The van der Waals surface area contributed by atoms with E-state index in [0.717, 1.165) is 21.3 Å². The number of aromatic nitrogens is 2. The highest BCUT2D eigenvalue weighted by molar-refractivity contribution is 7.98. The maximum atomic E-state index is 6.36. The van der Waals surface area contributed by atoms with Crippen LogP contribution >= 0.6 is 34.7 Å². The van der Waals surface area contributed by atoms with Crippen LogP contribution in [0.15, 0.2) is 28.7 Å². The topological polar surface area (TPSA) is 44.2 Å². The van der Waals surface area contributed by atoms with Gasteiger partial charge in [-0.05, 0) is 24.0 Å². The van der Waals surface area contributed by atoms with Crippen LogP contribution in [0.25, 0.3) is 21.3 Å². The molecule has 0 atom stereocenters. The van der Waals surface area contributed by atoms with Crippen LogP contribution in [0.3, 0.4) is 0 Å². The number of fused-ring (bicyclic) bond motifs is 1. The molecule has 3 rings (SSSR count). The lowest BCUT2D eigenvalue weighted by atomic mass is 10.1. The molecule has 0 amide bonds. The first-order chi connectivity index (χ1) is 10.7. The van der Waals surface area contributed by atoms with Gasteiger partial charge in [0.1, 0.15) is 9.98 Å². The van der Waals surface area contributed by atoms with E-state index in [0.29, 0.717) is 21.8 Å². The van der Waals surface area contributed by atoms with E-state index in [4.69, 9.17) is 21.1 Å². The highest BCUT2D eigenvalue weighted by Gasteiger charge is 2.15. The van der Waals surface area contributed by atoms with Crippen molar-refractivity contribution in [2.24, 2.45) is 0 Å². The van der Waals surface area contributed by atoms with Gasteiger partial charge in [0, 0.05) is 10.9 Å². The lowest BCUT2D eigenvalue weighted by Gasteiger charge is -2.09. The molecule has 0 spiro atoms. The van der Waals surface area contributed by atoms with E-state index in [9.17, 15) is 0 Å². The van der Waals surface area contributed by atoms with E-state index in [1.807, 2.05) is 29.8 Å². The molecule has 0 saturated heterocycles. The number of halogens is 1. The van der Waals surface area contributed by atoms with Crippen molar-refractivity contribution in [3.63, 3.8) is 0 Å². The van der Waals surface area contributed by atoms with E-state index >= 15 is 0 Å². The fraction of sp³-hybridized carbons (Fsp3) is 0.200. The Kier molecular flexibility index (Phi) is 4.42. The van der Waals surface area contributed by atoms with Crippen molar-refractivity contribution in [3.05, 3.63) is 28.7 Å². The highest BCUT2D eigenvalue weighted by atomic mass is 35.5. The molecule has 4 nitrogen and oxygen atoms in total. The number of nitrogens with zero attached hydrogens (tertiary/aromatic N) is 2. The predicted octanol–water partition coefficient (Wildman–Crippen LogP) is 4.75. The Morgan fingerprint density at radius 1 is 1.14 bits per heavy atom. The second-order valence-corrected chi connectivity index (χ2v) is 6.39. The first kappa shape index (κ1) is 15.4. The molecule has 1 aromatic carbocycles. The summed E-state index contributed by atoms with van der Waals surface area (Å²) in [6.45, 7) is 0. The Balaban J connectivity index is 2.18. The molecule has 2 aromatic heterocycles. The standard InChI is InChI=1S/C15H13ClN2O2S2/c1-19-10-5-4-8(6-11(10)20-2)9-7-22-14-12(9)13(16)17-15(18-14)21-3/h4-7H,1-3H3. The molecule has 7 heteroatoms. The number of methoxy groups -OCH3 is 2. The third-order valence-corrected chi connectivity index (χ3v) is 4.94. The van der Waals surface area contributed by atoms with Crippen molar-refractivity contribution in [1.82, 2.24) is 9.97 Å². The van der Waals surface area contributed by atoms with E-state index in [-0.39, 0.29) is 0 Å². The number of hydrogen-bond acceptors (Lipinski definition) is 6. The van der Waals surface area contributed by atoms with Gasteiger partial charge in [-0.2, -0.15) is 0 Å². The molecule has 0 N–H and O–H groups in total. The third-order valence-electron chi connectivity index (χ3n) is 3.25. The molecule has 0 radical (unpaired) electrons. The summed E-state index contributed by atoms with van der Waals surface area (Å²) >= 11 is 9.39. The second-order valence-electron chi connectivity index (χ2n) is 4.40. The molecule has 114 valence electrons. The first-order valence-corrected chi connectivity index (χ1v) is 8.87. The lowest BCUT2D eigenvalue weighted by Crippen LogP contribution is -1.91. The zero-order chi connectivity index (χ0) is 15.7. The Morgan fingerprint density at radius 3 is 2.59 bits per heavy atom. The van der Waals surface area contributed by atoms with Gasteiger partial charge in [-0.15, -0.1) is 11.3 Å². The number of benzene rings is 1. The quantitative estimate of drug-likeness (QED) is 0.385. The zero-order valence-electron chi connectivity index (χ0n) is 12.2. The van der Waals surface area contributed by atoms with Gasteiger partial charge in [0.15, 0.2) is 16.7 Å². The molecule has 3 aromatic rings. The SMILES string of the molecule is COc1ccc(-c2csc3nc(SC)nc(Cl)c23)cc1OC. The average molecular weight is 353 g/mol. The van der Waals surface area contributed by atoms with Gasteiger partial charge in [-0.1, -0.05) is 29.4 Å². The minimum Gasteiger partial charge on any atom is -0.493 e. The number of thiophene rings is 1. The molecule has 2 heterocycles. The Morgan fingerprint density at radius 2 is 1.91 bits per heavy atom. The molecule has 0 saturated carbocycles. The molecule has 0 aliphatic rings. The number of thioether (sulfide) groups is 1. The van der Waals surface area contributed by atoms with E-state index in [1.165, 1.54) is 11.8 Å². The minimum atomic E-state index is 0.473. The second kappa shape index (κ2) is 6.32. The number of hydrogen-bond donors (Lipinski definition) is 0. The summed E-state index contributed by atoms with van der Waals surface area (Å²) in [5, 5.41) is 4.06. The number of ether oxygens (including phenoxy) is 2. The Labute approximate surface area is 141 Å². The summed E-state index contributed by atoms with van der Waals surface area (Å²) in [7, 11) is 3.24. The Hall–Kier alpha value is -1.50. The van der Waals surface area contributed by atoms with Crippen molar-refractivity contribution in [1.29, 1.82) is 0 Å². The number of rotatable bonds is 4. The molecule has 0 bridgehead atoms. The van der Waals surface area contributed by atoms with Crippen LogP contribution in [0.2, 0.25) is 5.15 Å². The fourth-order valence-electron chi connectivity index (χ4n) is 2.19. The molecule has 0 aliphatic heterocycles. The summed E-state index contributed by atoms with van der Waals surface area (Å²) in [4.78, 5) is 9.71. The summed E-state index contributed by atoms with van der Waals surface area (Å²) < 4.78 is 10.6. The third kappa shape index (κ3) is 2.62. The van der Waals surface area contributed by atoms with Crippen molar-refractivity contribution in [2.75, 3.05) is 20.5 Å². The Bertz CT molecular complexity index is 836. The smallest absolute Gasteiger partial charge is 0.190 e. The normalized spacial score (nSPS) is 10.9.